The molecule has 0 spiro atoms. The molecule has 1 heterocycles. The SMILES string of the molecule is C=C(C)C1CCC2(NCCN3CCN(C)CC3)CCC3(C)C(CCC4C5(C)CC=C(c6ccc(C(=O)O)cc6)C(C)(C)C5CCC43C)C12. The maximum atomic E-state index is 11.6. The lowest BCUT2D eigenvalue weighted by molar-refractivity contribution is -0.219. The van der Waals surface area contributed by atoms with Crippen LogP contribution in [0.3, 0.4) is 0 Å². The Morgan fingerprint density at radius 2 is 1.60 bits per heavy atom. The average molecular weight is 656 g/mol. The molecule has 9 atom stereocenters. The van der Waals surface area contributed by atoms with Gasteiger partial charge in [0.25, 0.3) is 0 Å². The molecular formula is C43H65N3O2. The van der Waals surface area contributed by atoms with E-state index in [-0.39, 0.29) is 16.4 Å². The molecule has 5 heteroatoms. The molecule has 0 aromatic heterocycles. The molecule has 48 heavy (non-hydrogen) atoms. The van der Waals surface area contributed by atoms with Crippen molar-refractivity contribution in [3.05, 3.63) is 53.6 Å². The molecule has 5 aliphatic carbocycles. The van der Waals surface area contributed by atoms with E-state index in [2.05, 4.69) is 76.4 Å². The Balaban J connectivity index is 1.15. The van der Waals surface area contributed by atoms with Gasteiger partial charge in [-0.2, -0.15) is 0 Å². The number of nitrogens with zero attached hydrogens (tertiary/aromatic N) is 2. The van der Waals surface area contributed by atoms with Crippen molar-refractivity contribution >= 4 is 11.5 Å². The van der Waals surface area contributed by atoms with Crippen molar-refractivity contribution in [2.24, 2.45) is 51.2 Å². The van der Waals surface area contributed by atoms with Gasteiger partial charge in [-0.05, 0) is 146 Å². The van der Waals surface area contributed by atoms with Crippen LogP contribution in [0.15, 0.2) is 42.5 Å². The number of fused-ring (bicyclic) bond motifs is 7. The van der Waals surface area contributed by atoms with Crippen molar-refractivity contribution in [1.29, 1.82) is 0 Å². The van der Waals surface area contributed by atoms with E-state index in [9.17, 15) is 9.90 Å². The summed E-state index contributed by atoms with van der Waals surface area (Å²) < 4.78 is 0. The van der Waals surface area contributed by atoms with Crippen LogP contribution >= 0.6 is 0 Å². The van der Waals surface area contributed by atoms with Gasteiger partial charge in [0.05, 0.1) is 5.56 Å². The summed E-state index contributed by atoms with van der Waals surface area (Å²) in [6.45, 7) is 27.2. The summed E-state index contributed by atoms with van der Waals surface area (Å²) in [5, 5.41) is 13.8. The fourth-order valence-electron chi connectivity index (χ4n) is 13.9. The number of carboxylic acid groups (broad SMARTS) is 1. The molecule has 7 rings (SSSR count). The number of carbonyl (C=O) groups is 1. The van der Waals surface area contributed by atoms with Gasteiger partial charge in [-0.1, -0.05) is 65.0 Å². The van der Waals surface area contributed by atoms with Gasteiger partial charge in [-0.25, -0.2) is 4.79 Å². The predicted octanol–water partition coefficient (Wildman–Crippen LogP) is 8.63. The van der Waals surface area contributed by atoms with E-state index >= 15 is 0 Å². The van der Waals surface area contributed by atoms with E-state index in [0.717, 1.165) is 24.8 Å². The van der Waals surface area contributed by atoms with E-state index in [1.54, 1.807) is 12.1 Å². The number of allylic oxidation sites excluding steroid dienone is 3. The smallest absolute Gasteiger partial charge is 0.335 e. The van der Waals surface area contributed by atoms with E-state index < -0.39 is 5.97 Å². The molecule has 6 aliphatic rings. The van der Waals surface area contributed by atoms with Crippen LogP contribution in [0.4, 0.5) is 0 Å². The number of aromatic carboxylic acids is 1. The minimum absolute atomic E-state index is 0.0444. The van der Waals surface area contributed by atoms with Gasteiger partial charge < -0.3 is 15.3 Å². The Kier molecular flexibility index (Phi) is 8.69. The van der Waals surface area contributed by atoms with Crippen molar-refractivity contribution in [1.82, 2.24) is 15.1 Å². The highest BCUT2D eigenvalue weighted by atomic mass is 16.4. The van der Waals surface area contributed by atoms with Crippen molar-refractivity contribution in [2.75, 3.05) is 46.3 Å². The molecule has 1 saturated heterocycles. The molecule has 5 fully saturated rings. The highest BCUT2D eigenvalue weighted by Crippen LogP contribution is 2.76. The maximum Gasteiger partial charge on any atom is 0.335 e. The highest BCUT2D eigenvalue weighted by Gasteiger charge is 2.70. The molecule has 9 unspecified atom stereocenters. The van der Waals surface area contributed by atoms with E-state index in [0.29, 0.717) is 34.1 Å². The molecule has 1 aliphatic heterocycles. The summed E-state index contributed by atoms with van der Waals surface area (Å²) in [7, 11) is 2.25. The van der Waals surface area contributed by atoms with Crippen LogP contribution in [0, 0.1) is 51.2 Å². The van der Waals surface area contributed by atoms with Crippen LogP contribution in [0.1, 0.15) is 115 Å². The molecule has 1 aromatic carbocycles. The molecule has 264 valence electrons. The normalized spacial score (nSPS) is 42.6. The molecule has 2 N–H and O–H groups in total. The van der Waals surface area contributed by atoms with Crippen molar-refractivity contribution in [3.63, 3.8) is 0 Å². The van der Waals surface area contributed by atoms with Crippen LogP contribution in [0.2, 0.25) is 0 Å². The summed E-state index contributed by atoms with van der Waals surface area (Å²) in [6.07, 6.45) is 14.3. The quantitative estimate of drug-likeness (QED) is 0.288. The number of hydrogen-bond donors (Lipinski definition) is 2. The summed E-state index contributed by atoms with van der Waals surface area (Å²) in [5.41, 5.74) is 5.68. The zero-order chi connectivity index (χ0) is 34.3. The molecule has 4 saturated carbocycles. The van der Waals surface area contributed by atoms with Crippen LogP contribution in [-0.2, 0) is 0 Å². The Morgan fingerprint density at radius 3 is 2.27 bits per heavy atom. The second kappa shape index (κ2) is 12.1. The zero-order valence-electron chi connectivity index (χ0n) is 31.3. The van der Waals surface area contributed by atoms with Gasteiger partial charge in [0, 0.05) is 44.8 Å². The lowest BCUT2D eigenvalue weighted by atomic mass is 9.33. The number of hydrogen-bond acceptors (Lipinski definition) is 4. The van der Waals surface area contributed by atoms with Crippen LogP contribution in [-0.4, -0.2) is 72.7 Å². The van der Waals surface area contributed by atoms with Gasteiger partial charge in [0.2, 0.25) is 0 Å². The monoisotopic (exact) mass is 656 g/mol. The first-order chi connectivity index (χ1) is 22.7. The third-order valence-electron chi connectivity index (χ3n) is 16.6. The molecule has 0 radical (unpaired) electrons. The average Bonchev–Trinajstić information content (AvgIpc) is 3.42. The second-order valence-electron chi connectivity index (χ2n) is 18.8. The number of benzene rings is 1. The van der Waals surface area contributed by atoms with Crippen molar-refractivity contribution in [3.8, 4) is 0 Å². The van der Waals surface area contributed by atoms with E-state index in [1.165, 1.54) is 101 Å². The summed E-state index contributed by atoms with van der Waals surface area (Å²) in [5.74, 6) is 2.59. The first kappa shape index (κ1) is 34.5. The first-order valence-electron chi connectivity index (χ1n) is 19.5. The number of piperazine rings is 1. The van der Waals surface area contributed by atoms with Gasteiger partial charge >= 0.3 is 5.97 Å². The Labute approximate surface area is 292 Å². The van der Waals surface area contributed by atoms with E-state index in [1.807, 2.05) is 12.1 Å². The van der Waals surface area contributed by atoms with E-state index in [4.69, 9.17) is 0 Å². The highest BCUT2D eigenvalue weighted by molar-refractivity contribution is 5.88. The molecular weight excluding hydrogens is 590 g/mol. The molecule has 5 nitrogen and oxygen atoms in total. The zero-order valence-corrected chi connectivity index (χ0v) is 31.3. The second-order valence-corrected chi connectivity index (χ2v) is 18.8. The fraction of sp³-hybridized carbons (Fsp3) is 0.744. The third kappa shape index (κ3) is 5.14. The lowest BCUT2D eigenvalue weighted by Gasteiger charge is -2.72. The summed E-state index contributed by atoms with van der Waals surface area (Å²) >= 11 is 0. The van der Waals surface area contributed by atoms with Crippen molar-refractivity contribution in [2.45, 2.75) is 105 Å². The largest absolute Gasteiger partial charge is 0.478 e. The number of carboxylic acids is 1. The Bertz CT molecular complexity index is 1440. The van der Waals surface area contributed by atoms with Gasteiger partial charge in [-0.3, -0.25) is 4.90 Å². The molecule has 0 amide bonds. The number of likely N-dealkylation sites (N-methyl/N-ethyl adjacent to an activating group) is 1. The van der Waals surface area contributed by atoms with Crippen LogP contribution < -0.4 is 5.32 Å². The number of nitrogens with one attached hydrogen (secondary N) is 1. The predicted molar refractivity (Wildman–Crippen MR) is 198 cm³/mol. The minimum atomic E-state index is -0.852. The molecule has 0 bridgehead atoms. The Morgan fingerprint density at radius 1 is 0.896 bits per heavy atom. The van der Waals surface area contributed by atoms with Crippen LogP contribution in [0.25, 0.3) is 5.57 Å². The summed E-state index contributed by atoms with van der Waals surface area (Å²) in [4.78, 5) is 16.7. The Hall–Kier alpha value is -1.95. The van der Waals surface area contributed by atoms with Crippen LogP contribution in [0.5, 0.6) is 0 Å². The third-order valence-corrected chi connectivity index (χ3v) is 16.6. The topological polar surface area (TPSA) is 55.8 Å². The fourth-order valence-corrected chi connectivity index (χ4v) is 13.9. The minimum Gasteiger partial charge on any atom is -0.478 e. The number of rotatable bonds is 7. The molecule has 1 aromatic rings. The maximum absolute atomic E-state index is 11.6. The van der Waals surface area contributed by atoms with Crippen molar-refractivity contribution < 1.29 is 9.90 Å². The van der Waals surface area contributed by atoms with Gasteiger partial charge in [-0.15, -0.1) is 0 Å². The van der Waals surface area contributed by atoms with Gasteiger partial charge in [0.15, 0.2) is 0 Å². The summed E-state index contributed by atoms with van der Waals surface area (Å²) in [6, 6.07) is 7.67. The lowest BCUT2D eigenvalue weighted by Crippen LogP contribution is -2.68. The van der Waals surface area contributed by atoms with Gasteiger partial charge in [0.1, 0.15) is 0 Å². The first-order valence-corrected chi connectivity index (χ1v) is 19.5. The standard InChI is InChI=1S/C43H65N3O2/c1-29(2)32-15-20-43(44-23-24-46-27-25-45(8)26-28-46)22-21-41(6)34(37(32)43)13-14-36-40(5)18-16-33(30-9-11-31(12-10-30)38(47)48)39(3,4)35(40)17-19-42(36,41)7/h9-12,16,32,34-37,44H,1,13-15,17-28H2,2-8H3,(H,47,48).